The molecule has 1 heterocycles. The first-order chi connectivity index (χ1) is 6.33. The van der Waals surface area contributed by atoms with E-state index in [2.05, 4.69) is 11.8 Å². The van der Waals surface area contributed by atoms with Crippen LogP contribution in [0.25, 0.3) is 0 Å². The zero-order valence-corrected chi connectivity index (χ0v) is 8.97. The van der Waals surface area contributed by atoms with Gasteiger partial charge >= 0.3 is 0 Å². The van der Waals surface area contributed by atoms with Crippen LogP contribution < -0.4 is 5.73 Å². The molecule has 13 heavy (non-hydrogen) atoms. The summed E-state index contributed by atoms with van der Waals surface area (Å²) in [5.74, 6) is 0. The van der Waals surface area contributed by atoms with Crippen LogP contribution >= 0.6 is 0 Å². The largest absolute Gasteiger partial charge is 0.327 e. The van der Waals surface area contributed by atoms with Gasteiger partial charge < -0.3 is 10.6 Å². The Hall–Kier alpha value is -0.0800. The molecule has 1 aliphatic rings. The molecule has 1 rings (SSSR count). The Morgan fingerprint density at radius 2 is 1.62 bits per heavy atom. The fourth-order valence-electron chi connectivity index (χ4n) is 1.96. The number of hydrogen-bond donors (Lipinski definition) is 1. The van der Waals surface area contributed by atoms with Crippen LogP contribution in [0.4, 0.5) is 0 Å². The van der Waals surface area contributed by atoms with E-state index >= 15 is 0 Å². The lowest BCUT2D eigenvalue weighted by atomic mass is 10.1. The van der Waals surface area contributed by atoms with Crippen LogP contribution in [0.15, 0.2) is 0 Å². The molecule has 1 saturated heterocycles. The third-order valence-electron chi connectivity index (χ3n) is 2.97. The molecule has 0 bridgehead atoms. The molecule has 1 aliphatic heterocycles. The average molecular weight is 184 g/mol. The first kappa shape index (κ1) is 11.0. The number of likely N-dealkylation sites (tertiary alicyclic amines) is 1. The van der Waals surface area contributed by atoms with E-state index in [0.717, 1.165) is 13.0 Å². The van der Waals surface area contributed by atoms with Crippen LogP contribution in [0.5, 0.6) is 0 Å². The molecule has 0 aromatic carbocycles. The molecule has 1 fully saturated rings. The predicted octanol–water partition coefficient (Wildman–Crippen LogP) is 1.99. The second kappa shape index (κ2) is 6.39. The van der Waals surface area contributed by atoms with Crippen molar-refractivity contribution in [3.63, 3.8) is 0 Å². The minimum absolute atomic E-state index is 0.388. The lowest BCUT2D eigenvalue weighted by molar-refractivity contribution is 0.232. The summed E-state index contributed by atoms with van der Waals surface area (Å²) in [5.41, 5.74) is 5.95. The summed E-state index contributed by atoms with van der Waals surface area (Å²) in [5, 5.41) is 0. The molecule has 0 aromatic heterocycles. The number of hydrogen-bond acceptors (Lipinski definition) is 2. The van der Waals surface area contributed by atoms with Gasteiger partial charge in [-0.2, -0.15) is 0 Å². The summed E-state index contributed by atoms with van der Waals surface area (Å²) in [4.78, 5) is 2.55. The predicted molar refractivity (Wildman–Crippen MR) is 57.8 cm³/mol. The Morgan fingerprint density at radius 3 is 2.15 bits per heavy atom. The molecule has 0 spiro atoms. The van der Waals surface area contributed by atoms with Crippen LogP contribution in [0, 0.1) is 0 Å². The molecule has 0 aromatic rings. The highest BCUT2D eigenvalue weighted by Crippen LogP contribution is 2.10. The molecule has 0 radical (unpaired) electrons. The van der Waals surface area contributed by atoms with Gasteiger partial charge in [-0.05, 0) is 32.4 Å². The van der Waals surface area contributed by atoms with E-state index in [1.165, 1.54) is 45.2 Å². The second-order valence-electron chi connectivity index (χ2n) is 4.24. The maximum Gasteiger partial charge on any atom is 0.0165 e. The van der Waals surface area contributed by atoms with Crippen LogP contribution in [0.3, 0.4) is 0 Å². The van der Waals surface area contributed by atoms with Crippen molar-refractivity contribution < 1.29 is 0 Å². The lowest BCUT2D eigenvalue weighted by Crippen LogP contribution is -2.38. The summed E-state index contributed by atoms with van der Waals surface area (Å²) in [6, 6.07) is 0.388. The van der Waals surface area contributed by atoms with Crippen molar-refractivity contribution in [1.82, 2.24) is 4.90 Å². The minimum Gasteiger partial charge on any atom is -0.327 e. The number of rotatable bonds is 3. The Balaban J connectivity index is 2.21. The molecule has 2 heteroatoms. The van der Waals surface area contributed by atoms with E-state index in [-0.39, 0.29) is 0 Å². The zero-order valence-electron chi connectivity index (χ0n) is 8.97. The van der Waals surface area contributed by atoms with Gasteiger partial charge in [0.25, 0.3) is 0 Å². The van der Waals surface area contributed by atoms with Crippen molar-refractivity contribution in [1.29, 1.82) is 0 Å². The Labute approximate surface area is 82.5 Å². The zero-order chi connectivity index (χ0) is 9.52. The summed E-state index contributed by atoms with van der Waals surface area (Å²) in [7, 11) is 0. The van der Waals surface area contributed by atoms with Crippen LogP contribution in [0.2, 0.25) is 0 Å². The van der Waals surface area contributed by atoms with Crippen LogP contribution in [-0.4, -0.2) is 30.6 Å². The maximum atomic E-state index is 5.95. The summed E-state index contributed by atoms with van der Waals surface area (Å²) in [6.07, 6.45) is 8.12. The molecule has 2 N–H and O–H groups in total. The normalized spacial score (nSPS) is 23.5. The third kappa shape index (κ3) is 4.63. The topological polar surface area (TPSA) is 29.3 Å². The van der Waals surface area contributed by atoms with Gasteiger partial charge in [0.2, 0.25) is 0 Å². The van der Waals surface area contributed by atoms with Crippen LogP contribution in [0.1, 0.15) is 45.4 Å². The maximum absolute atomic E-state index is 5.95. The standard InChI is InChI=1S/C11H24N2/c1-2-11(12)10-13-8-6-4-3-5-7-9-13/h11H,2-10,12H2,1H3. The fourth-order valence-corrected chi connectivity index (χ4v) is 1.96. The monoisotopic (exact) mass is 184 g/mol. The molecule has 0 saturated carbocycles. The van der Waals surface area contributed by atoms with Gasteiger partial charge in [0.15, 0.2) is 0 Å². The summed E-state index contributed by atoms with van der Waals surface area (Å²) in [6.45, 7) is 5.83. The summed E-state index contributed by atoms with van der Waals surface area (Å²) < 4.78 is 0. The van der Waals surface area contributed by atoms with Crippen molar-refractivity contribution in [2.75, 3.05) is 19.6 Å². The van der Waals surface area contributed by atoms with Gasteiger partial charge in [0, 0.05) is 12.6 Å². The van der Waals surface area contributed by atoms with Crippen LogP contribution in [-0.2, 0) is 0 Å². The summed E-state index contributed by atoms with van der Waals surface area (Å²) >= 11 is 0. The van der Waals surface area contributed by atoms with Gasteiger partial charge in [-0.1, -0.05) is 26.2 Å². The van der Waals surface area contributed by atoms with Gasteiger partial charge in [-0.15, -0.1) is 0 Å². The van der Waals surface area contributed by atoms with E-state index in [9.17, 15) is 0 Å². The van der Waals surface area contributed by atoms with E-state index in [0.29, 0.717) is 6.04 Å². The van der Waals surface area contributed by atoms with Crippen molar-refractivity contribution >= 4 is 0 Å². The molecule has 1 unspecified atom stereocenters. The molecule has 78 valence electrons. The first-order valence-corrected chi connectivity index (χ1v) is 5.81. The van der Waals surface area contributed by atoms with Gasteiger partial charge in [-0.25, -0.2) is 0 Å². The highest BCUT2D eigenvalue weighted by atomic mass is 15.1. The third-order valence-corrected chi connectivity index (χ3v) is 2.97. The Morgan fingerprint density at radius 1 is 1.08 bits per heavy atom. The molecule has 0 aliphatic carbocycles. The average Bonchev–Trinajstić information content (AvgIpc) is 2.09. The Kier molecular flexibility index (Phi) is 5.40. The quantitative estimate of drug-likeness (QED) is 0.727. The lowest BCUT2D eigenvalue weighted by Gasteiger charge is -2.26. The van der Waals surface area contributed by atoms with Crippen molar-refractivity contribution in [2.45, 2.75) is 51.5 Å². The first-order valence-electron chi connectivity index (χ1n) is 5.81. The van der Waals surface area contributed by atoms with Crippen molar-refractivity contribution in [2.24, 2.45) is 5.73 Å². The Bertz CT molecular complexity index is 117. The molecule has 2 nitrogen and oxygen atoms in total. The SMILES string of the molecule is CCC(N)CN1CCCCCCC1. The van der Waals surface area contributed by atoms with Gasteiger partial charge in [0.1, 0.15) is 0 Å². The van der Waals surface area contributed by atoms with E-state index in [1.807, 2.05) is 0 Å². The second-order valence-corrected chi connectivity index (χ2v) is 4.24. The van der Waals surface area contributed by atoms with E-state index in [4.69, 9.17) is 5.73 Å². The smallest absolute Gasteiger partial charge is 0.0165 e. The molecular weight excluding hydrogens is 160 g/mol. The fraction of sp³-hybridized carbons (Fsp3) is 1.00. The van der Waals surface area contributed by atoms with Crippen molar-refractivity contribution in [3.05, 3.63) is 0 Å². The van der Waals surface area contributed by atoms with Gasteiger partial charge in [-0.3, -0.25) is 0 Å². The van der Waals surface area contributed by atoms with Gasteiger partial charge in [0.05, 0.1) is 0 Å². The molecule has 1 atom stereocenters. The highest BCUT2D eigenvalue weighted by Gasteiger charge is 2.10. The van der Waals surface area contributed by atoms with E-state index in [1.54, 1.807) is 0 Å². The number of nitrogens with zero attached hydrogens (tertiary/aromatic N) is 1. The number of nitrogens with two attached hydrogens (primary N) is 1. The van der Waals surface area contributed by atoms with E-state index < -0.39 is 0 Å². The van der Waals surface area contributed by atoms with Crippen molar-refractivity contribution in [3.8, 4) is 0 Å². The minimum atomic E-state index is 0.388. The highest BCUT2D eigenvalue weighted by molar-refractivity contribution is 4.68. The molecular formula is C11H24N2. The molecule has 0 amide bonds.